The van der Waals surface area contributed by atoms with Crippen LogP contribution in [0.2, 0.25) is 0 Å². The molecular formula is C5H9ClN4O. The van der Waals surface area contributed by atoms with Gasteiger partial charge in [0.15, 0.2) is 5.82 Å². The van der Waals surface area contributed by atoms with Crippen LogP contribution in [-0.2, 0) is 0 Å². The zero-order valence-corrected chi connectivity index (χ0v) is 6.71. The highest BCUT2D eigenvalue weighted by atomic mass is 35.5. The summed E-state index contributed by atoms with van der Waals surface area (Å²) < 4.78 is 0. The topological polar surface area (TPSA) is 73.8 Å². The van der Waals surface area contributed by atoms with Gasteiger partial charge < -0.3 is 5.11 Å². The molecule has 2 atom stereocenters. The van der Waals surface area contributed by atoms with Gasteiger partial charge in [0.05, 0.1) is 6.04 Å². The van der Waals surface area contributed by atoms with Gasteiger partial charge in [-0.15, -0.1) is 0 Å². The second-order valence-corrected chi connectivity index (χ2v) is 2.43. The summed E-state index contributed by atoms with van der Waals surface area (Å²) in [6.45, 7) is 1.74. The van der Waals surface area contributed by atoms with Crippen LogP contribution in [0.4, 0.5) is 0 Å². The van der Waals surface area contributed by atoms with Gasteiger partial charge in [0.25, 0.3) is 0 Å². The fourth-order valence-corrected chi connectivity index (χ4v) is 0.773. The number of nitrogens with one attached hydrogen (secondary N) is 2. The van der Waals surface area contributed by atoms with Crippen LogP contribution in [0.3, 0.4) is 0 Å². The molecule has 1 aromatic rings. The van der Waals surface area contributed by atoms with Crippen molar-refractivity contribution in [2.45, 2.75) is 19.1 Å². The normalized spacial score (nSPS) is 16.3. The standard InChI is InChI=1S/C5H9ClN4O/c1-3(9-6)4(11)5-7-2-8-10-5/h2-4,9,11H,1H3,(H,7,8,10)/t3-,4?/m0/s1. The highest BCUT2D eigenvalue weighted by Crippen LogP contribution is 2.10. The number of rotatable bonds is 3. The fraction of sp³-hybridized carbons (Fsp3) is 0.600. The molecule has 0 saturated carbocycles. The molecule has 0 aliphatic heterocycles. The smallest absolute Gasteiger partial charge is 0.154 e. The van der Waals surface area contributed by atoms with E-state index in [1.165, 1.54) is 6.33 Å². The molecule has 0 amide bonds. The maximum absolute atomic E-state index is 9.40. The molecule has 0 aromatic carbocycles. The summed E-state index contributed by atoms with van der Waals surface area (Å²) in [7, 11) is 0. The Morgan fingerprint density at radius 2 is 2.55 bits per heavy atom. The molecule has 0 radical (unpaired) electrons. The van der Waals surface area contributed by atoms with Crippen LogP contribution in [0.1, 0.15) is 18.9 Å². The number of aliphatic hydroxyl groups excluding tert-OH is 1. The van der Waals surface area contributed by atoms with Gasteiger partial charge in [-0.2, -0.15) is 5.10 Å². The third kappa shape index (κ3) is 1.89. The quantitative estimate of drug-likeness (QED) is 0.566. The second kappa shape index (κ2) is 3.66. The molecule has 62 valence electrons. The second-order valence-electron chi connectivity index (χ2n) is 2.21. The summed E-state index contributed by atoms with van der Waals surface area (Å²) >= 11 is 5.29. The third-order valence-corrected chi connectivity index (χ3v) is 1.70. The first-order chi connectivity index (χ1) is 5.25. The number of aromatic amines is 1. The summed E-state index contributed by atoms with van der Waals surface area (Å²) in [5, 5.41) is 15.5. The number of H-pyrrole nitrogens is 1. The number of hydrogen-bond donors (Lipinski definition) is 3. The predicted molar refractivity (Wildman–Crippen MR) is 39.8 cm³/mol. The average Bonchev–Trinajstić information content (AvgIpc) is 2.53. The van der Waals surface area contributed by atoms with Gasteiger partial charge in [-0.3, -0.25) is 5.10 Å². The summed E-state index contributed by atoms with van der Waals surface area (Å²) in [5.74, 6) is 0.408. The van der Waals surface area contributed by atoms with E-state index in [0.717, 1.165) is 0 Å². The highest BCUT2D eigenvalue weighted by molar-refractivity contribution is 6.13. The van der Waals surface area contributed by atoms with Crippen LogP contribution < -0.4 is 4.84 Å². The molecule has 3 N–H and O–H groups in total. The van der Waals surface area contributed by atoms with Crippen LogP contribution in [0.15, 0.2) is 6.33 Å². The van der Waals surface area contributed by atoms with Crippen molar-refractivity contribution in [1.82, 2.24) is 20.0 Å². The van der Waals surface area contributed by atoms with E-state index in [-0.39, 0.29) is 6.04 Å². The Morgan fingerprint density at radius 3 is 3.00 bits per heavy atom. The van der Waals surface area contributed by atoms with Gasteiger partial charge >= 0.3 is 0 Å². The molecular weight excluding hydrogens is 168 g/mol. The number of aromatic nitrogens is 3. The average molecular weight is 177 g/mol. The minimum absolute atomic E-state index is 0.260. The van der Waals surface area contributed by atoms with Crippen molar-refractivity contribution in [3.8, 4) is 0 Å². The van der Waals surface area contributed by atoms with Gasteiger partial charge in [0.1, 0.15) is 12.4 Å². The number of halogens is 1. The van der Waals surface area contributed by atoms with Crippen molar-refractivity contribution in [3.63, 3.8) is 0 Å². The van der Waals surface area contributed by atoms with E-state index in [4.69, 9.17) is 11.8 Å². The number of hydrogen-bond acceptors (Lipinski definition) is 4. The van der Waals surface area contributed by atoms with Crippen LogP contribution in [0, 0.1) is 0 Å². The molecule has 0 saturated heterocycles. The lowest BCUT2D eigenvalue weighted by Gasteiger charge is -2.13. The summed E-state index contributed by atoms with van der Waals surface area (Å²) in [6.07, 6.45) is 0.578. The van der Waals surface area contributed by atoms with Crippen molar-refractivity contribution in [1.29, 1.82) is 0 Å². The van der Waals surface area contributed by atoms with Crippen LogP contribution in [0.25, 0.3) is 0 Å². The first kappa shape index (κ1) is 8.45. The highest BCUT2D eigenvalue weighted by Gasteiger charge is 2.17. The van der Waals surface area contributed by atoms with Crippen molar-refractivity contribution in [3.05, 3.63) is 12.2 Å². The van der Waals surface area contributed by atoms with Crippen molar-refractivity contribution >= 4 is 11.8 Å². The minimum Gasteiger partial charge on any atom is -0.383 e. The largest absolute Gasteiger partial charge is 0.383 e. The Kier molecular flexibility index (Phi) is 2.81. The molecule has 6 heteroatoms. The van der Waals surface area contributed by atoms with E-state index in [1.807, 2.05) is 0 Å². The molecule has 0 aliphatic carbocycles. The Bertz CT molecular complexity index is 202. The van der Waals surface area contributed by atoms with Crippen molar-refractivity contribution in [2.75, 3.05) is 0 Å². The van der Waals surface area contributed by atoms with Crippen LogP contribution in [0.5, 0.6) is 0 Å². The Balaban J connectivity index is 2.62. The Hall–Kier alpha value is -0.650. The van der Waals surface area contributed by atoms with Crippen LogP contribution >= 0.6 is 11.8 Å². The maximum Gasteiger partial charge on any atom is 0.154 e. The first-order valence-corrected chi connectivity index (χ1v) is 3.53. The predicted octanol–water partition coefficient (Wildman–Crippen LogP) is -0.0300. The van der Waals surface area contributed by atoms with E-state index in [1.54, 1.807) is 6.92 Å². The lowest BCUT2D eigenvalue weighted by molar-refractivity contribution is 0.138. The van der Waals surface area contributed by atoms with E-state index < -0.39 is 6.10 Å². The van der Waals surface area contributed by atoms with Gasteiger partial charge in [-0.1, -0.05) is 0 Å². The Morgan fingerprint density at radius 1 is 1.82 bits per heavy atom. The van der Waals surface area contributed by atoms with Crippen LogP contribution in [-0.4, -0.2) is 26.3 Å². The molecule has 0 fully saturated rings. The summed E-state index contributed by atoms with van der Waals surface area (Å²) in [6, 6.07) is -0.260. The molecule has 1 aromatic heterocycles. The lowest BCUT2D eigenvalue weighted by atomic mass is 10.2. The van der Waals surface area contributed by atoms with E-state index in [0.29, 0.717) is 5.82 Å². The van der Waals surface area contributed by atoms with Crippen molar-refractivity contribution < 1.29 is 5.11 Å². The Labute approximate surface area is 68.9 Å². The fourth-order valence-electron chi connectivity index (χ4n) is 0.654. The van der Waals surface area contributed by atoms with E-state index in [2.05, 4.69) is 20.0 Å². The molecule has 0 aliphatic rings. The van der Waals surface area contributed by atoms with Crippen molar-refractivity contribution in [2.24, 2.45) is 0 Å². The SMILES string of the molecule is C[C@H](NCl)C(O)c1ncn[nH]1. The number of nitrogens with zero attached hydrogens (tertiary/aromatic N) is 2. The van der Waals surface area contributed by atoms with E-state index in [9.17, 15) is 5.11 Å². The zero-order chi connectivity index (χ0) is 8.27. The molecule has 1 rings (SSSR count). The van der Waals surface area contributed by atoms with Gasteiger partial charge in [-0.05, 0) is 18.7 Å². The third-order valence-electron chi connectivity index (χ3n) is 1.36. The first-order valence-electron chi connectivity index (χ1n) is 3.15. The van der Waals surface area contributed by atoms with Gasteiger partial charge in [0, 0.05) is 0 Å². The molecule has 0 spiro atoms. The van der Waals surface area contributed by atoms with E-state index >= 15 is 0 Å². The molecule has 0 bridgehead atoms. The maximum atomic E-state index is 9.40. The zero-order valence-electron chi connectivity index (χ0n) is 5.95. The monoisotopic (exact) mass is 176 g/mol. The van der Waals surface area contributed by atoms with Gasteiger partial charge in [0.2, 0.25) is 0 Å². The summed E-state index contributed by atoms with van der Waals surface area (Å²) in [4.78, 5) is 6.16. The molecule has 11 heavy (non-hydrogen) atoms. The molecule has 1 heterocycles. The summed E-state index contributed by atoms with van der Waals surface area (Å²) in [5.41, 5.74) is 0. The molecule has 1 unspecified atom stereocenters. The van der Waals surface area contributed by atoms with Gasteiger partial charge in [-0.25, -0.2) is 9.82 Å². The lowest BCUT2D eigenvalue weighted by Crippen LogP contribution is -2.25. The number of aliphatic hydroxyl groups is 1. The molecule has 5 nitrogen and oxygen atoms in total. The minimum atomic E-state index is -0.755.